The molecule has 2 atom stereocenters. The Morgan fingerprint density at radius 1 is 1.32 bits per heavy atom. The second kappa shape index (κ2) is 8.49. The fourth-order valence-corrected chi connectivity index (χ4v) is 3.64. The van der Waals surface area contributed by atoms with Crippen molar-refractivity contribution >= 4 is 10.8 Å². The summed E-state index contributed by atoms with van der Waals surface area (Å²) in [5.41, 5.74) is 2.41. The van der Waals surface area contributed by atoms with E-state index >= 15 is 0 Å². The third-order valence-corrected chi connectivity index (χ3v) is 4.62. The van der Waals surface area contributed by atoms with E-state index in [4.69, 9.17) is 0 Å². The van der Waals surface area contributed by atoms with Crippen molar-refractivity contribution in [2.75, 3.05) is 12.3 Å². The first-order valence-electron chi connectivity index (χ1n) is 7.16. The molecule has 0 fully saturated rings. The lowest BCUT2D eigenvalue weighted by atomic mass is 10.1. The van der Waals surface area contributed by atoms with Crippen LogP contribution in [0.3, 0.4) is 0 Å². The largest absolute Gasteiger partial charge is 0.313 e. The van der Waals surface area contributed by atoms with Crippen molar-refractivity contribution in [2.45, 2.75) is 45.9 Å². The Morgan fingerprint density at radius 2 is 2.05 bits per heavy atom. The average Bonchev–Trinajstić information content (AvgIpc) is 2.34. The fraction of sp³-hybridized carbons (Fsp3) is 0.625. The molecule has 0 heterocycles. The van der Waals surface area contributed by atoms with Crippen molar-refractivity contribution in [1.29, 1.82) is 0 Å². The number of nitrogens with one attached hydrogen (secondary N) is 1. The van der Waals surface area contributed by atoms with Crippen LogP contribution in [-0.2, 0) is 16.6 Å². The molecule has 0 aliphatic carbocycles. The smallest absolute Gasteiger partial charge is 0.0486 e. The molecule has 1 N–H and O–H groups in total. The van der Waals surface area contributed by atoms with Gasteiger partial charge < -0.3 is 5.32 Å². The molecule has 19 heavy (non-hydrogen) atoms. The highest BCUT2D eigenvalue weighted by Gasteiger charge is 2.16. The first kappa shape index (κ1) is 16.4. The lowest BCUT2D eigenvalue weighted by molar-refractivity contribution is 0.431. The summed E-state index contributed by atoms with van der Waals surface area (Å²) in [6, 6.07) is 8.66. The monoisotopic (exact) mass is 281 g/mol. The van der Waals surface area contributed by atoms with E-state index in [0.717, 1.165) is 18.7 Å². The van der Waals surface area contributed by atoms with Gasteiger partial charge in [-0.2, -0.15) is 0 Å². The molecule has 3 heteroatoms. The summed E-state index contributed by atoms with van der Waals surface area (Å²) in [6.45, 7) is 9.62. The number of benzene rings is 1. The van der Waals surface area contributed by atoms with Crippen molar-refractivity contribution in [3.05, 3.63) is 35.4 Å². The van der Waals surface area contributed by atoms with Crippen LogP contribution in [0.1, 0.15) is 38.3 Å². The summed E-state index contributed by atoms with van der Waals surface area (Å²) in [5, 5.41) is 3.50. The lowest BCUT2D eigenvalue weighted by Gasteiger charge is -2.21. The van der Waals surface area contributed by atoms with Crippen LogP contribution in [0.15, 0.2) is 24.3 Å². The third-order valence-electron chi connectivity index (χ3n) is 3.24. The molecule has 0 saturated carbocycles. The van der Waals surface area contributed by atoms with Crippen molar-refractivity contribution in [2.24, 2.45) is 5.92 Å². The van der Waals surface area contributed by atoms with E-state index in [1.165, 1.54) is 11.1 Å². The molecule has 1 aromatic rings. The van der Waals surface area contributed by atoms with Crippen LogP contribution in [0, 0.1) is 12.8 Å². The quantitative estimate of drug-likeness (QED) is 0.792. The lowest BCUT2D eigenvalue weighted by Crippen LogP contribution is -2.39. The zero-order valence-corrected chi connectivity index (χ0v) is 13.4. The Morgan fingerprint density at radius 3 is 2.63 bits per heavy atom. The van der Waals surface area contributed by atoms with E-state index in [1.54, 1.807) is 0 Å². The Hall–Kier alpha value is -0.670. The van der Waals surface area contributed by atoms with Gasteiger partial charge in [0.05, 0.1) is 0 Å². The van der Waals surface area contributed by atoms with Crippen molar-refractivity contribution in [3.8, 4) is 0 Å². The predicted molar refractivity (Wildman–Crippen MR) is 84.8 cm³/mol. The first-order valence-corrected chi connectivity index (χ1v) is 8.65. The van der Waals surface area contributed by atoms with Crippen LogP contribution in [-0.4, -0.2) is 22.5 Å². The summed E-state index contributed by atoms with van der Waals surface area (Å²) in [4.78, 5) is 0. The minimum atomic E-state index is -0.796. The molecule has 0 aliphatic rings. The van der Waals surface area contributed by atoms with E-state index in [0.29, 0.717) is 17.7 Å². The fourth-order valence-electron chi connectivity index (χ4n) is 2.06. The van der Waals surface area contributed by atoms with Gasteiger partial charge in [-0.25, -0.2) is 0 Å². The molecule has 108 valence electrons. The van der Waals surface area contributed by atoms with Crippen LogP contribution in [0.5, 0.6) is 0 Å². The standard InChI is InChI=1S/C16H27NOS/c1-5-9-17-16(13(2)3)12-19(18)11-15-8-6-7-14(4)10-15/h6-8,10,13,16-17H,5,9,11-12H2,1-4H3. The average molecular weight is 281 g/mol. The van der Waals surface area contributed by atoms with Crippen LogP contribution < -0.4 is 5.32 Å². The van der Waals surface area contributed by atoms with Crippen LogP contribution >= 0.6 is 0 Å². The second-order valence-electron chi connectivity index (χ2n) is 5.54. The highest BCUT2D eigenvalue weighted by atomic mass is 32.2. The Labute approximate surface area is 120 Å². The summed E-state index contributed by atoms with van der Waals surface area (Å²) in [5.74, 6) is 1.93. The van der Waals surface area contributed by atoms with Crippen molar-refractivity contribution in [3.63, 3.8) is 0 Å². The van der Waals surface area contributed by atoms with Gasteiger partial charge >= 0.3 is 0 Å². The SMILES string of the molecule is CCCNC(CS(=O)Cc1cccc(C)c1)C(C)C. The molecular weight excluding hydrogens is 254 g/mol. The Kier molecular flexibility index (Phi) is 7.32. The van der Waals surface area contributed by atoms with Gasteiger partial charge in [0.1, 0.15) is 0 Å². The zero-order chi connectivity index (χ0) is 14.3. The highest BCUT2D eigenvalue weighted by Crippen LogP contribution is 2.10. The Bertz CT molecular complexity index is 403. The maximum Gasteiger partial charge on any atom is 0.0486 e. The normalized spacial score (nSPS) is 14.6. The van der Waals surface area contributed by atoms with Gasteiger partial charge in [0.2, 0.25) is 0 Å². The van der Waals surface area contributed by atoms with Crippen molar-refractivity contribution in [1.82, 2.24) is 5.32 Å². The van der Waals surface area contributed by atoms with Crippen LogP contribution in [0.25, 0.3) is 0 Å². The number of hydrogen-bond donors (Lipinski definition) is 1. The molecule has 0 spiro atoms. The molecule has 2 nitrogen and oxygen atoms in total. The van der Waals surface area contributed by atoms with Crippen molar-refractivity contribution < 1.29 is 4.21 Å². The van der Waals surface area contributed by atoms with Gasteiger partial charge in [-0.1, -0.05) is 50.6 Å². The minimum Gasteiger partial charge on any atom is -0.313 e. The molecule has 2 unspecified atom stereocenters. The molecule has 1 rings (SSSR count). The summed E-state index contributed by atoms with van der Waals surface area (Å²) in [7, 11) is -0.796. The van der Waals surface area contributed by atoms with E-state index in [2.05, 4.69) is 51.2 Å². The summed E-state index contributed by atoms with van der Waals surface area (Å²) >= 11 is 0. The molecule has 0 aliphatic heterocycles. The van der Waals surface area contributed by atoms with Gasteiger partial charge in [-0.15, -0.1) is 0 Å². The molecule has 0 radical (unpaired) electrons. The van der Waals surface area contributed by atoms with Gasteiger partial charge in [-0.3, -0.25) is 4.21 Å². The Balaban J connectivity index is 2.52. The maximum absolute atomic E-state index is 12.3. The van der Waals surface area contributed by atoms with E-state index in [9.17, 15) is 4.21 Å². The number of rotatable bonds is 8. The number of hydrogen-bond acceptors (Lipinski definition) is 2. The highest BCUT2D eigenvalue weighted by molar-refractivity contribution is 7.84. The van der Waals surface area contributed by atoms with Gasteiger partial charge in [0, 0.05) is 28.3 Å². The molecule has 0 aromatic heterocycles. The van der Waals surface area contributed by atoms with Crippen LogP contribution in [0.2, 0.25) is 0 Å². The van der Waals surface area contributed by atoms with Gasteiger partial charge in [0.15, 0.2) is 0 Å². The molecule has 0 bridgehead atoms. The second-order valence-corrected chi connectivity index (χ2v) is 7.05. The molecule has 1 aromatic carbocycles. The minimum absolute atomic E-state index is 0.352. The molecule has 0 amide bonds. The molecule has 0 saturated heterocycles. The van der Waals surface area contributed by atoms with E-state index in [-0.39, 0.29) is 0 Å². The van der Waals surface area contributed by atoms with Crippen LogP contribution in [0.4, 0.5) is 0 Å². The van der Waals surface area contributed by atoms with E-state index in [1.807, 2.05) is 6.07 Å². The van der Waals surface area contributed by atoms with E-state index < -0.39 is 10.8 Å². The summed E-state index contributed by atoms with van der Waals surface area (Å²) in [6.07, 6.45) is 1.12. The van der Waals surface area contributed by atoms with Gasteiger partial charge in [0.25, 0.3) is 0 Å². The summed E-state index contributed by atoms with van der Waals surface area (Å²) < 4.78 is 12.3. The maximum atomic E-state index is 12.3. The first-order chi connectivity index (χ1) is 9.02. The topological polar surface area (TPSA) is 29.1 Å². The third kappa shape index (κ3) is 6.35. The predicted octanol–water partition coefficient (Wildman–Crippen LogP) is 3.27. The molecular formula is C16H27NOS. The van der Waals surface area contributed by atoms with Gasteiger partial charge in [-0.05, 0) is 31.4 Å². The number of aryl methyl sites for hydroxylation is 1. The zero-order valence-electron chi connectivity index (χ0n) is 12.6.